The fraction of sp³-hybridized carbons (Fsp3) is 0.423. The van der Waals surface area contributed by atoms with E-state index < -0.39 is 30.1 Å². The number of nitrogens with zero attached hydrogens (tertiary/aromatic N) is 1. The Kier molecular flexibility index (Phi) is 7.17. The van der Waals surface area contributed by atoms with Crippen LogP contribution in [0, 0.1) is 5.92 Å². The van der Waals surface area contributed by atoms with Gasteiger partial charge >= 0.3 is 12.1 Å². The number of amides is 2. The molecule has 1 heterocycles. The molecule has 8 heteroatoms. The van der Waals surface area contributed by atoms with Crippen LogP contribution in [0.5, 0.6) is 0 Å². The molecule has 1 saturated heterocycles. The van der Waals surface area contributed by atoms with Crippen molar-refractivity contribution in [1.82, 2.24) is 10.2 Å². The third-order valence-electron chi connectivity index (χ3n) is 6.62. The molecule has 2 aromatic carbocycles. The molecule has 0 bridgehead atoms. The number of carbonyl (C=O) groups is 3. The van der Waals surface area contributed by atoms with Crippen LogP contribution in [0.2, 0.25) is 0 Å². The summed E-state index contributed by atoms with van der Waals surface area (Å²) in [6.45, 7) is 4.34. The molecule has 1 fully saturated rings. The van der Waals surface area contributed by atoms with Gasteiger partial charge in [-0.05, 0) is 35.6 Å². The number of fused-ring (bicyclic) bond motifs is 3. The number of nitrogens with one attached hydrogen (secondary N) is 1. The molecule has 0 aromatic heterocycles. The van der Waals surface area contributed by atoms with E-state index in [1.165, 1.54) is 4.90 Å². The summed E-state index contributed by atoms with van der Waals surface area (Å²) < 4.78 is 11.1. The van der Waals surface area contributed by atoms with Crippen LogP contribution < -0.4 is 5.32 Å². The third kappa shape index (κ3) is 4.63. The van der Waals surface area contributed by atoms with Crippen LogP contribution in [0.25, 0.3) is 11.1 Å². The maximum atomic E-state index is 13.0. The second-order valence-electron chi connectivity index (χ2n) is 8.61. The van der Waals surface area contributed by atoms with Crippen molar-refractivity contribution in [2.45, 2.75) is 38.3 Å². The highest BCUT2D eigenvalue weighted by atomic mass is 16.5. The number of benzene rings is 2. The Morgan fingerprint density at radius 1 is 1.03 bits per heavy atom. The average molecular weight is 467 g/mol. The fourth-order valence-corrected chi connectivity index (χ4v) is 4.92. The lowest BCUT2D eigenvalue weighted by Gasteiger charge is -2.23. The van der Waals surface area contributed by atoms with Crippen LogP contribution >= 0.6 is 0 Å². The standard InChI is InChI=1S/C26H30N2O6/c1-3-22(24(29)28-13-20(25(30)31)23(14-28)33-4-2)27-26(32)34-15-21-18-11-7-5-9-16(18)17-10-6-8-12-19(17)21/h5-12,20-23H,3-4,13-15H2,1-2H3,(H,27,32)(H,30,31)/t20?,22-,23?/m1/s1. The van der Waals surface area contributed by atoms with Gasteiger partial charge in [0.05, 0.1) is 6.10 Å². The monoisotopic (exact) mass is 466 g/mol. The topological polar surface area (TPSA) is 105 Å². The predicted octanol–water partition coefficient (Wildman–Crippen LogP) is 3.25. The van der Waals surface area contributed by atoms with E-state index in [-0.39, 0.29) is 31.5 Å². The van der Waals surface area contributed by atoms with Crippen molar-refractivity contribution < 1.29 is 29.0 Å². The van der Waals surface area contributed by atoms with Gasteiger partial charge in [-0.2, -0.15) is 0 Å². The molecular formula is C26H30N2O6. The molecule has 2 aromatic rings. The van der Waals surface area contributed by atoms with Crippen LogP contribution in [0.15, 0.2) is 48.5 Å². The van der Waals surface area contributed by atoms with Gasteiger partial charge in [0.1, 0.15) is 18.6 Å². The summed E-state index contributed by atoms with van der Waals surface area (Å²) in [4.78, 5) is 38.7. The minimum absolute atomic E-state index is 0.0572. The molecule has 1 aliphatic carbocycles. The zero-order chi connectivity index (χ0) is 24.2. The van der Waals surface area contributed by atoms with E-state index in [1.54, 1.807) is 13.8 Å². The van der Waals surface area contributed by atoms with Gasteiger partial charge in [-0.3, -0.25) is 9.59 Å². The fourth-order valence-electron chi connectivity index (χ4n) is 4.92. The number of likely N-dealkylation sites (tertiary alicyclic amines) is 1. The number of carboxylic acids is 1. The molecule has 0 saturated carbocycles. The SMILES string of the molecule is CCOC1CN(C(=O)[C@@H](CC)NC(=O)OCC2c3ccccc3-c3ccccc32)CC1C(=O)O. The Hall–Kier alpha value is -3.39. The quantitative estimate of drug-likeness (QED) is 0.619. The van der Waals surface area contributed by atoms with Gasteiger partial charge in [0, 0.05) is 25.6 Å². The number of carbonyl (C=O) groups excluding carboxylic acids is 2. The lowest BCUT2D eigenvalue weighted by atomic mass is 9.98. The molecule has 1 aliphatic heterocycles. The Bertz CT molecular complexity index is 1030. The summed E-state index contributed by atoms with van der Waals surface area (Å²) in [5.74, 6) is -2.18. The van der Waals surface area contributed by atoms with E-state index >= 15 is 0 Å². The first-order valence-corrected chi connectivity index (χ1v) is 11.7. The van der Waals surface area contributed by atoms with Crippen molar-refractivity contribution in [2.24, 2.45) is 5.92 Å². The Labute approximate surface area is 198 Å². The largest absolute Gasteiger partial charge is 0.481 e. The highest BCUT2D eigenvalue weighted by molar-refractivity contribution is 5.87. The van der Waals surface area contributed by atoms with Gasteiger partial charge in [-0.1, -0.05) is 55.5 Å². The smallest absolute Gasteiger partial charge is 0.407 e. The van der Waals surface area contributed by atoms with Crippen LogP contribution in [0.1, 0.15) is 37.3 Å². The number of alkyl carbamates (subject to hydrolysis) is 1. The van der Waals surface area contributed by atoms with E-state index in [1.807, 2.05) is 36.4 Å². The molecular weight excluding hydrogens is 436 g/mol. The van der Waals surface area contributed by atoms with Gasteiger partial charge in [-0.15, -0.1) is 0 Å². The van der Waals surface area contributed by atoms with Crippen molar-refractivity contribution in [3.8, 4) is 11.1 Å². The highest BCUT2D eigenvalue weighted by Crippen LogP contribution is 2.44. The van der Waals surface area contributed by atoms with Gasteiger partial charge in [0.2, 0.25) is 5.91 Å². The first kappa shape index (κ1) is 23.8. The molecule has 2 N–H and O–H groups in total. The van der Waals surface area contributed by atoms with Crippen molar-refractivity contribution in [1.29, 1.82) is 0 Å². The molecule has 34 heavy (non-hydrogen) atoms. The molecule has 3 atom stereocenters. The van der Waals surface area contributed by atoms with E-state index in [4.69, 9.17) is 9.47 Å². The molecule has 0 spiro atoms. The van der Waals surface area contributed by atoms with Crippen LogP contribution in [0.4, 0.5) is 4.79 Å². The first-order chi connectivity index (χ1) is 16.4. The van der Waals surface area contributed by atoms with Crippen LogP contribution in [-0.4, -0.2) is 66.4 Å². The van der Waals surface area contributed by atoms with E-state index in [9.17, 15) is 19.5 Å². The lowest BCUT2D eigenvalue weighted by Crippen LogP contribution is -2.48. The van der Waals surface area contributed by atoms with Crippen molar-refractivity contribution in [3.05, 3.63) is 59.7 Å². The minimum Gasteiger partial charge on any atom is -0.481 e. The second-order valence-corrected chi connectivity index (χ2v) is 8.61. The molecule has 0 radical (unpaired) electrons. The lowest BCUT2D eigenvalue weighted by molar-refractivity contribution is -0.145. The van der Waals surface area contributed by atoms with Gasteiger partial charge in [0.15, 0.2) is 0 Å². The zero-order valence-electron chi connectivity index (χ0n) is 19.4. The summed E-state index contributed by atoms with van der Waals surface area (Å²) in [6.07, 6.45) is -0.868. The Morgan fingerprint density at radius 3 is 2.21 bits per heavy atom. The Morgan fingerprint density at radius 2 is 1.65 bits per heavy atom. The minimum atomic E-state index is -0.994. The Balaban J connectivity index is 1.38. The maximum absolute atomic E-state index is 13.0. The number of hydrogen-bond acceptors (Lipinski definition) is 5. The summed E-state index contributed by atoms with van der Waals surface area (Å²) >= 11 is 0. The molecule has 4 rings (SSSR count). The van der Waals surface area contributed by atoms with Crippen LogP contribution in [0.3, 0.4) is 0 Å². The van der Waals surface area contributed by atoms with Gasteiger partial charge in [0.25, 0.3) is 0 Å². The highest BCUT2D eigenvalue weighted by Gasteiger charge is 2.42. The molecule has 180 valence electrons. The molecule has 2 unspecified atom stereocenters. The summed E-state index contributed by atoms with van der Waals surface area (Å²) in [6, 6.07) is 15.3. The van der Waals surface area contributed by atoms with E-state index in [0.717, 1.165) is 22.3 Å². The molecule has 2 amide bonds. The molecule has 8 nitrogen and oxygen atoms in total. The summed E-state index contributed by atoms with van der Waals surface area (Å²) in [5, 5.41) is 12.1. The van der Waals surface area contributed by atoms with Crippen molar-refractivity contribution >= 4 is 18.0 Å². The summed E-state index contributed by atoms with van der Waals surface area (Å²) in [7, 11) is 0. The normalized spacial score (nSPS) is 19.9. The average Bonchev–Trinajstić information content (AvgIpc) is 3.41. The van der Waals surface area contributed by atoms with Gasteiger partial charge in [-0.25, -0.2) is 4.79 Å². The summed E-state index contributed by atoms with van der Waals surface area (Å²) in [5.41, 5.74) is 4.50. The number of hydrogen-bond donors (Lipinski definition) is 2. The zero-order valence-corrected chi connectivity index (χ0v) is 19.4. The van der Waals surface area contributed by atoms with Crippen molar-refractivity contribution in [2.75, 3.05) is 26.3 Å². The van der Waals surface area contributed by atoms with E-state index in [2.05, 4.69) is 17.4 Å². The first-order valence-electron chi connectivity index (χ1n) is 11.7. The third-order valence-corrected chi connectivity index (χ3v) is 6.62. The second kappa shape index (κ2) is 10.3. The number of rotatable bonds is 8. The molecule has 2 aliphatic rings. The van der Waals surface area contributed by atoms with Crippen LogP contribution in [-0.2, 0) is 19.1 Å². The number of aliphatic carboxylic acids is 1. The maximum Gasteiger partial charge on any atom is 0.407 e. The van der Waals surface area contributed by atoms with E-state index in [0.29, 0.717) is 13.0 Å². The van der Waals surface area contributed by atoms with Crippen molar-refractivity contribution in [3.63, 3.8) is 0 Å². The predicted molar refractivity (Wildman–Crippen MR) is 125 cm³/mol. The van der Waals surface area contributed by atoms with Gasteiger partial charge < -0.3 is 24.8 Å². The number of carboxylic acid groups (broad SMARTS) is 1. The number of ether oxygens (including phenoxy) is 2.